The number of aryl methyl sites for hydroxylation is 1. The summed E-state index contributed by atoms with van der Waals surface area (Å²) in [5, 5.41) is 6.56. The average molecular weight is 477 g/mol. The monoisotopic (exact) mass is 477 g/mol. The molecule has 1 aliphatic rings. The molecule has 1 aromatic rings. The topological polar surface area (TPSA) is 42.9 Å². The fourth-order valence-corrected chi connectivity index (χ4v) is 2.89. The molecule has 26 heavy (non-hydrogen) atoms. The van der Waals surface area contributed by atoms with Crippen molar-refractivity contribution in [1.29, 1.82) is 0 Å². The van der Waals surface area contributed by atoms with Crippen LogP contribution in [0.5, 0.6) is 0 Å². The van der Waals surface area contributed by atoms with Crippen LogP contribution in [-0.2, 0) is 6.54 Å². The number of nitrogens with zero attached hydrogens (tertiary/aromatic N) is 3. The van der Waals surface area contributed by atoms with Gasteiger partial charge in [0.1, 0.15) is 5.82 Å². The van der Waals surface area contributed by atoms with Gasteiger partial charge in [0.15, 0.2) is 5.96 Å². The van der Waals surface area contributed by atoms with Crippen molar-refractivity contribution >= 4 is 29.9 Å². The molecule has 2 N–H and O–H groups in total. The lowest BCUT2D eigenvalue weighted by molar-refractivity contribution is 0.152. The molecular formula is C19H33FIN5. The molecule has 0 aliphatic carbocycles. The van der Waals surface area contributed by atoms with Crippen molar-refractivity contribution in [3.05, 3.63) is 35.1 Å². The quantitative estimate of drug-likeness (QED) is 0.274. The number of piperazine rings is 1. The van der Waals surface area contributed by atoms with E-state index >= 15 is 0 Å². The van der Waals surface area contributed by atoms with E-state index in [1.165, 1.54) is 39.1 Å². The zero-order chi connectivity index (χ0) is 18.1. The second kappa shape index (κ2) is 12.5. The lowest BCUT2D eigenvalue weighted by Gasteiger charge is -2.32. The minimum Gasteiger partial charge on any atom is -0.356 e. The molecule has 0 atom stereocenters. The number of unbranched alkanes of at least 4 members (excludes halogenated alkanes) is 1. The van der Waals surface area contributed by atoms with E-state index in [1.54, 1.807) is 26.1 Å². The number of hydrogen-bond acceptors (Lipinski definition) is 3. The van der Waals surface area contributed by atoms with E-state index in [-0.39, 0.29) is 29.8 Å². The second-order valence-corrected chi connectivity index (χ2v) is 6.79. The molecule has 0 spiro atoms. The van der Waals surface area contributed by atoms with Gasteiger partial charge in [0.05, 0.1) is 0 Å². The maximum atomic E-state index is 13.6. The largest absolute Gasteiger partial charge is 0.356 e. The molecule has 0 unspecified atom stereocenters. The Morgan fingerprint density at radius 1 is 1.15 bits per heavy atom. The van der Waals surface area contributed by atoms with Crippen LogP contribution in [-0.4, -0.2) is 69.1 Å². The third kappa shape index (κ3) is 8.18. The van der Waals surface area contributed by atoms with Gasteiger partial charge in [-0.1, -0.05) is 12.1 Å². The fourth-order valence-electron chi connectivity index (χ4n) is 2.89. The van der Waals surface area contributed by atoms with E-state index < -0.39 is 0 Å². The van der Waals surface area contributed by atoms with Gasteiger partial charge < -0.3 is 20.4 Å². The molecule has 2 rings (SSSR count). The van der Waals surface area contributed by atoms with Crippen molar-refractivity contribution in [2.45, 2.75) is 26.3 Å². The molecular weight excluding hydrogens is 444 g/mol. The van der Waals surface area contributed by atoms with Gasteiger partial charge in [-0.05, 0) is 50.6 Å². The Morgan fingerprint density at radius 3 is 2.54 bits per heavy atom. The van der Waals surface area contributed by atoms with Crippen LogP contribution in [0, 0.1) is 12.7 Å². The highest BCUT2D eigenvalue weighted by Gasteiger charge is 2.12. The lowest BCUT2D eigenvalue weighted by atomic mass is 10.1. The number of benzene rings is 1. The van der Waals surface area contributed by atoms with Crippen molar-refractivity contribution in [1.82, 2.24) is 20.4 Å². The number of aliphatic imine (C=N–C) groups is 1. The molecule has 1 fully saturated rings. The Morgan fingerprint density at radius 2 is 1.88 bits per heavy atom. The standard InChI is InChI=1S/C19H32FN5.HI/c1-16-6-7-17(14-18(16)20)15-23-19(21-2)22-8-4-5-9-25-12-10-24(3)11-13-25;/h6-7,14H,4-5,8-13,15H2,1-3H3,(H2,21,22,23);1H. The van der Waals surface area contributed by atoms with E-state index in [1.807, 2.05) is 6.07 Å². The predicted molar refractivity (Wildman–Crippen MR) is 118 cm³/mol. The zero-order valence-corrected chi connectivity index (χ0v) is 18.6. The number of hydrogen-bond donors (Lipinski definition) is 2. The van der Waals surface area contributed by atoms with E-state index in [0.717, 1.165) is 24.5 Å². The maximum absolute atomic E-state index is 13.6. The van der Waals surface area contributed by atoms with Crippen molar-refractivity contribution in [3.63, 3.8) is 0 Å². The number of guanidine groups is 1. The molecule has 5 nitrogen and oxygen atoms in total. The van der Waals surface area contributed by atoms with Crippen molar-refractivity contribution < 1.29 is 4.39 Å². The van der Waals surface area contributed by atoms with Crippen LogP contribution in [0.2, 0.25) is 0 Å². The molecule has 1 saturated heterocycles. The Kier molecular flexibility index (Phi) is 11.1. The highest BCUT2D eigenvalue weighted by atomic mass is 127. The molecule has 0 aromatic heterocycles. The van der Waals surface area contributed by atoms with E-state index in [0.29, 0.717) is 12.1 Å². The van der Waals surface area contributed by atoms with Crippen LogP contribution in [0.3, 0.4) is 0 Å². The van der Waals surface area contributed by atoms with Gasteiger partial charge in [-0.3, -0.25) is 4.99 Å². The first kappa shape index (κ1) is 23.1. The second-order valence-electron chi connectivity index (χ2n) is 6.79. The van der Waals surface area contributed by atoms with E-state index in [9.17, 15) is 4.39 Å². The van der Waals surface area contributed by atoms with Crippen LogP contribution in [0.15, 0.2) is 23.2 Å². The molecule has 1 aliphatic heterocycles. The highest BCUT2D eigenvalue weighted by Crippen LogP contribution is 2.08. The van der Waals surface area contributed by atoms with Gasteiger partial charge in [0, 0.05) is 46.3 Å². The Labute approximate surface area is 174 Å². The molecule has 0 radical (unpaired) electrons. The number of halogens is 2. The first-order chi connectivity index (χ1) is 12.1. The summed E-state index contributed by atoms with van der Waals surface area (Å²) < 4.78 is 13.6. The SMILES string of the molecule is CN=C(NCCCCN1CCN(C)CC1)NCc1ccc(C)c(F)c1.I. The average Bonchev–Trinajstić information content (AvgIpc) is 2.62. The van der Waals surface area contributed by atoms with E-state index in [2.05, 4.69) is 32.5 Å². The highest BCUT2D eigenvalue weighted by molar-refractivity contribution is 14.0. The minimum atomic E-state index is -0.161. The summed E-state index contributed by atoms with van der Waals surface area (Å²) in [5.41, 5.74) is 1.59. The molecule has 7 heteroatoms. The Bertz CT molecular complexity index is 559. The van der Waals surface area contributed by atoms with Gasteiger partial charge in [-0.2, -0.15) is 0 Å². The molecule has 0 amide bonds. The van der Waals surface area contributed by atoms with Gasteiger partial charge in [-0.25, -0.2) is 4.39 Å². The minimum absolute atomic E-state index is 0. The van der Waals surface area contributed by atoms with Crippen molar-refractivity contribution in [3.8, 4) is 0 Å². The summed E-state index contributed by atoms with van der Waals surface area (Å²) in [6, 6.07) is 5.32. The number of likely N-dealkylation sites (N-methyl/N-ethyl adjacent to an activating group) is 1. The van der Waals surface area contributed by atoms with Crippen LogP contribution in [0.4, 0.5) is 4.39 Å². The molecule has 0 saturated carbocycles. The Balaban J connectivity index is 0.00000338. The lowest BCUT2D eigenvalue weighted by Crippen LogP contribution is -2.44. The molecule has 148 valence electrons. The zero-order valence-electron chi connectivity index (χ0n) is 16.2. The normalized spacial score (nSPS) is 16.2. The van der Waals surface area contributed by atoms with Gasteiger partial charge in [0.2, 0.25) is 0 Å². The Hall–Kier alpha value is -0.930. The molecule has 1 heterocycles. The van der Waals surface area contributed by atoms with Crippen LogP contribution < -0.4 is 10.6 Å². The van der Waals surface area contributed by atoms with Gasteiger partial charge in [-0.15, -0.1) is 24.0 Å². The van der Waals surface area contributed by atoms with Crippen molar-refractivity contribution in [2.75, 3.05) is 53.4 Å². The third-order valence-corrected chi connectivity index (χ3v) is 4.71. The van der Waals surface area contributed by atoms with Crippen LogP contribution in [0.25, 0.3) is 0 Å². The summed E-state index contributed by atoms with van der Waals surface area (Å²) in [4.78, 5) is 9.15. The number of nitrogens with one attached hydrogen (secondary N) is 2. The van der Waals surface area contributed by atoms with Crippen molar-refractivity contribution in [2.24, 2.45) is 4.99 Å². The summed E-state index contributed by atoms with van der Waals surface area (Å²) in [6.07, 6.45) is 2.31. The summed E-state index contributed by atoms with van der Waals surface area (Å²) in [7, 11) is 3.94. The first-order valence-corrected chi connectivity index (χ1v) is 9.19. The predicted octanol–water partition coefficient (Wildman–Crippen LogP) is 2.44. The molecule has 0 bridgehead atoms. The summed E-state index contributed by atoms with van der Waals surface area (Å²) in [5.74, 6) is 0.603. The summed E-state index contributed by atoms with van der Waals surface area (Å²) >= 11 is 0. The van der Waals surface area contributed by atoms with E-state index in [4.69, 9.17) is 0 Å². The van der Waals surface area contributed by atoms with Gasteiger partial charge in [0.25, 0.3) is 0 Å². The number of rotatable bonds is 7. The first-order valence-electron chi connectivity index (χ1n) is 9.19. The maximum Gasteiger partial charge on any atom is 0.191 e. The van der Waals surface area contributed by atoms with Gasteiger partial charge >= 0.3 is 0 Å². The third-order valence-electron chi connectivity index (χ3n) is 4.71. The molecule has 1 aromatic carbocycles. The smallest absolute Gasteiger partial charge is 0.191 e. The summed E-state index contributed by atoms with van der Waals surface area (Å²) in [6.45, 7) is 9.12. The van der Waals surface area contributed by atoms with Crippen LogP contribution in [0.1, 0.15) is 24.0 Å². The fraction of sp³-hybridized carbons (Fsp3) is 0.632. The van der Waals surface area contributed by atoms with Crippen LogP contribution >= 0.6 is 24.0 Å².